The third-order valence-corrected chi connectivity index (χ3v) is 3.73. The Bertz CT molecular complexity index is 398. The molecule has 1 unspecified atom stereocenters. The summed E-state index contributed by atoms with van der Waals surface area (Å²) in [6.07, 6.45) is 2.40. The molecule has 19 heavy (non-hydrogen) atoms. The van der Waals surface area contributed by atoms with Gasteiger partial charge in [-0.15, -0.1) is 0 Å². The summed E-state index contributed by atoms with van der Waals surface area (Å²) >= 11 is 0. The van der Waals surface area contributed by atoms with Crippen molar-refractivity contribution >= 4 is 12.6 Å². The smallest absolute Gasteiger partial charge is 0.423 e. The standard InChI is InChI=1S/C14H22BNO3/c1-19-11-12-5-4-8-16(9-12)10-13-6-2-3-7-14(13)15(17)18/h2-3,6-7,12,17-18H,4-5,8-11H2,1H3. The summed E-state index contributed by atoms with van der Waals surface area (Å²) in [5.74, 6) is 0.588. The number of piperidine rings is 1. The maximum absolute atomic E-state index is 9.39. The van der Waals surface area contributed by atoms with Gasteiger partial charge < -0.3 is 14.8 Å². The van der Waals surface area contributed by atoms with Crippen LogP contribution in [0.4, 0.5) is 0 Å². The van der Waals surface area contributed by atoms with E-state index < -0.39 is 7.12 Å². The molecule has 1 aromatic rings. The average Bonchev–Trinajstić information content (AvgIpc) is 2.40. The Morgan fingerprint density at radius 3 is 2.89 bits per heavy atom. The van der Waals surface area contributed by atoms with Crippen LogP contribution in [0.2, 0.25) is 0 Å². The first-order valence-electron chi connectivity index (χ1n) is 6.86. The fraction of sp³-hybridized carbons (Fsp3) is 0.571. The number of benzene rings is 1. The number of ether oxygens (including phenoxy) is 1. The maximum atomic E-state index is 9.39. The molecular formula is C14H22BNO3. The zero-order valence-corrected chi connectivity index (χ0v) is 11.5. The van der Waals surface area contributed by atoms with E-state index in [0.717, 1.165) is 31.8 Å². The number of hydrogen-bond acceptors (Lipinski definition) is 4. The third kappa shape index (κ3) is 4.04. The molecule has 0 amide bonds. The minimum absolute atomic E-state index is 0.588. The molecule has 1 fully saturated rings. The molecule has 0 aromatic heterocycles. The van der Waals surface area contributed by atoms with Gasteiger partial charge in [0, 0.05) is 20.2 Å². The number of likely N-dealkylation sites (tertiary alicyclic amines) is 1. The molecule has 5 heteroatoms. The molecule has 1 aliphatic heterocycles. The van der Waals surface area contributed by atoms with Crippen molar-refractivity contribution in [3.8, 4) is 0 Å². The molecule has 1 saturated heterocycles. The van der Waals surface area contributed by atoms with Crippen LogP contribution in [0.1, 0.15) is 18.4 Å². The summed E-state index contributed by atoms with van der Waals surface area (Å²) < 4.78 is 5.24. The fourth-order valence-electron chi connectivity index (χ4n) is 2.84. The van der Waals surface area contributed by atoms with Crippen molar-refractivity contribution in [1.29, 1.82) is 0 Å². The molecule has 0 spiro atoms. The van der Waals surface area contributed by atoms with Crippen molar-refractivity contribution in [2.45, 2.75) is 19.4 Å². The molecule has 104 valence electrons. The minimum atomic E-state index is -1.39. The fourth-order valence-corrected chi connectivity index (χ4v) is 2.84. The monoisotopic (exact) mass is 263 g/mol. The number of hydrogen-bond donors (Lipinski definition) is 2. The highest BCUT2D eigenvalue weighted by Gasteiger charge is 2.22. The molecule has 1 heterocycles. The van der Waals surface area contributed by atoms with Crippen molar-refractivity contribution in [3.05, 3.63) is 29.8 Å². The molecule has 0 radical (unpaired) electrons. The Balaban J connectivity index is 2.00. The molecule has 1 aliphatic rings. The van der Waals surface area contributed by atoms with Gasteiger partial charge in [-0.05, 0) is 36.3 Å². The van der Waals surface area contributed by atoms with Crippen molar-refractivity contribution in [2.75, 3.05) is 26.8 Å². The molecule has 2 N–H and O–H groups in total. The van der Waals surface area contributed by atoms with Crippen LogP contribution < -0.4 is 5.46 Å². The predicted molar refractivity (Wildman–Crippen MR) is 76.1 cm³/mol. The Morgan fingerprint density at radius 2 is 2.16 bits per heavy atom. The van der Waals surface area contributed by atoms with Crippen molar-refractivity contribution in [1.82, 2.24) is 4.90 Å². The lowest BCUT2D eigenvalue weighted by Gasteiger charge is -2.32. The Labute approximate surface area is 115 Å². The first kappa shape index (κ1) is 14.5. The van der Waals surface area contributed by atoms with Crippen LogP contribution in [0.5, 0.6) is 0 Å². The van der Waals surface area contributed by atoms with E-state index in [1.807, 2.05) is 18.2 Å². The van der Waals surface area contributed by atoms with Gasteiger partial charge in [0.2, 0.25) is 0 Å². The van der Waals surface area contributed by atoms with Crippen LogP contribution in [-0.2, 0) is 11.3 Å². The van der Waals surface area contributed by atoms with Crippen LogP contribution in [0.3, 0.4) is 0 Å². The van der Waals surface area contributed by atoms with E-state index in [1.165, 1.54) is 12.8 Å². The molecule has 0 aliphatic carbocycles. The van der Waals surface area contributed by atoms with E-state index in [9.17, 15) is 10.0 Å². The van der Waals surface area contributed by atoms with Gasteiger partial charge in [-0.25, -0.2) is 0 Å². The normalized spacial score (nSPS) is 20.5. The third-order valence-electron chi connectivity index (χ3n) is 3.73. The molecule has 1 atom stereocenters. The summed E-state index contributed by atoms with van der Waals surface area (Å²) in [6, 6.07) is 7.52. The zero-order valence-electron chi connectivity index (χ0n) is 11.5. The zero-order chi connectivity index (χ0) is 13.7. The van der Waals surface area contributed by atoms with Crippen LogP contribution >= 0.6 is 0 Å². The van der Waals surface area contributed by atoms with E-state index in [1.54, 1.807) is 13.2 Å². The van der Waals surface area contributed by atoms with Gasteiger partial charge in [-0.1, -0.05) is 24.3 Å². The molecule has 4 nitrogen and oxygen atoms in total. The van der Waals surface area contributed by atoms with Gasteiger partial charge in [0.05, 0.1) is 6.61 Å². The Morgan fingerprint density at radius 1 is 1.37 bits per heavy atom. The molecule has 1 aromatic carbocycles. The van der Waals surface area contributed by atoms with Crippen LogP contribution in [0.15, 0.2) is 24.3 Å². The summed E-state index contributed by atoms with van der Waals surface area (Å²) in [5, 5.41) is 18.8. The van der Waals surface area contributed by atoms with E-state index in [0.29, 0.717) is 11.4 Å². The van der Waals surface area contributed by atoms with Gasteiger partial charge in [0.1, 0.15) is 0 Å². The van der Waals surface area contributed by atoms with Gasteiger partial charge in [0.25, 0.3) is 0 Å². The lowest BCUT2D eigenvalue weighted by Crippen LogP contribution is -2.40. The summed E-state index contributed by atoms with van der Waals surface area (Å²) in [6.45, 7) is 3.66. The van der Waals surface area contributed by atoms with Gasteiger partial charge in [-0.2, -0.15) is 0 Å². The highest BCUT2D eigenvalue weighted by atomic mass is 16.5. The van der Waals surface area contributed by atoms with Gasteiger partial charge in [-0.3, -0.25) is 4.90 Å². The maximum Gasteiger partial charge on any atom is 0.488 e. The van der Waals surface area contributed by atoms with Crippen LogP contribution in [0.25, 0.3) is 0 Å². The van der Waals surface area contributed by atoms with Crippen molar-refractivity contribution in [3.63, 3.8) is 0 Å². The van der Waals surface area contributed by atoms with E-state index >= 15 is 0 Å². The first-order valence-corrected chi connectivity index (χ1v) is 6.86. The van der Waals surface area contributed by atoms with Crippen molar-refractivity contribution in [2.24, 2.45) is 5.92 Å². The topological polar surface area (TPSA) is 52.9 Å². The quantitative estimate of drug-likeness (QED) is 0.746. The molecule has 0 saturated carbocycles. The Hall–Kier alpha value is -0.875. The second-order valence-electron chi connectivity index (χ2n) is 5.27. The summed E-state index contributed by atoms with van der Waals surface area (Å²) in [7, 11) is 0.354. The molecular weight excluding hydrogens is 241 g/mol. The average molecular weight is 263 g/mol. The summed E-state index contributed by atoms with van der Waals surface area (Å²) in [5.41, 5.74) is 1.60. The van der Waals surface area contributed by atoms with Crippen LogP contribution in [0, 0.1) is 5.92 Å². The van der Waals surface area contributed by atoms with E-state index in [2.05, 4.69) is 4.90 Å². The van der Waals surface area contributed by atoms with E-state index in [-0.39, 0.29) is 0 Å². The van der Waals surface area contributed by atoms with Crippen LogP contribution in [-0.4, -0.2) is 48.9 Å². The first-order chi connectivity index (χ1) is 9.20. The lowest BCUT2D eigenvalue weighted by molar-refractivity contribution is 0.0875. The second-order valence-corrected chi connectivity index (χ2v) is 5.27. The second kappa shape index (κ2) is 7.05. The Kier molecular flexibility index (Phi) is 5.40. The molecule has 0 bridgehead atoms. The van der Waals surface area contributed by atoms with Gasteiger partial charge in [0.15, 0.2) is 0 Å². The molecule has 2 rings (SSSR count). The van der Waals surface area contributed by atoms with Crippen molar-refractivity contribution < 1.29 is 14.8 Å². The largest absolute Gasteiger partial charge is 0.488 e. The lowest BCUT2D eigenvalue weighted by atomic mass is 9.77. The minimum Gasteiger partial charge on any atom is -0.423 e. The predicted octanol–water partition coefficient (Wildman–Crippen LogP) is 0.225. The summed E-state index contributed by atoms with van der Waals surface area (Å²) in [4.78, 5) is 2.37. The number of nitrogens with zero attached hydrogens (tertiary/aromatic N) is 1. The highest BCUT2D eigenvalue weighted by Crippen LogP contribution is 2.18. The van der Waals surface area contributed by atoms with Gasteiger partial charge >= 0.3 is 7.12 Å². The SMILES string of the molecule is COCC1CCCN(Cc2ccccc2B(O)O)C1. The van der Waals surface area contributed by atoms with E-state index in [4.69, 9.17) is 4.74 Å². The number of rotatable bonds is 5. The highest BCUT2D eigenvalue weighted by molar-refractivity contribution is 6.59. The number of methoxy groups -OCH3 is 1.